The number of aromatic nitrogens is 2. The molecule has 34 heavy (non-hydrogen) atoms. The molecule has 1 fully saturated rings. The summed E-state index contributed by atoms with van der Waals surface area (Å²) in [5.41, 5.74) is 3.62. The maximum atomic E-state index is 12.8. The number of aryl methyl sites for hydroxylation is 1. The minimum Gasteiger partial charge on any atom is -0.496 e. The molecule has 0 atom stereocenters. The van der Waals surface area contributed by atoms with Crippen molar-refractivity contribution in [3.8, 4) is 28.3 Å². The number of hydrogen-bond donors (Lipinski definition) is 0. The number of nitrogens with zero attached hydrogens (tertiary/aromatic N) is 4. The Bertz CT molecular complexity index is 1270. The molecule has 0 aliphatic carbocycles. The molecule has 0 bridgehead atoms. The molecule has 8 nitrogen and oxygen atoms in total. The number of amides is 1. The minimum atomic E-state index is 0.0229. The molecule has 5 rings (SSSR count). The maximum absolute atomic E-state index is 12.8. The highest BCUT2D eigenvalue weighted by molar-refractivity contribution is 5.78. The van der Waals surface area contributed by atoms with Gasteiger partial charge in [-0.15, -0.1) is 0 Å². The third-order valence-electron chi connectivity index (χ3n) is 5.99. The summed E-state index contributed by atoms with van der Waals surface area (Å²) < 4.78 is 16.8. The quantitative estimate of drug-likeness (QED) is 0.428. The van der Waals surface area contributed by atoms with Crippen LogP contribution in [0.2, 0.25) is 0 Å². The number of carbonyl (C=O) groups excluding carboxylic acids is 1. The van der Waals surface area contributed by atoms with Gasteiger partial charge in [0.2, 0.25) is 11.8 Å². The number of ether oxygens (including phenoxy) is 1. The van der Waals surface area contributed by atoms with Crippen molar-refractivity contribution in [1.82, 2.24) is 14.9 Å². The Morgan fingerprint density at radius 3 is 2.59 bits per heavy atom. The van der Waals surface area contributed by atoms with Crippen LogP contribution in [0.1, 0.15) is 11.8 Å². The van der Waals surface area contributed by atoms with E-state index in [0.29, 0.717) is 30.6 Å². The van der Waals surface area contributed by atoms with Crippen LogP contribution in [0.25, 0.3) is 22.6 Å². The van der Waals surface area contributed by atoms with Crippen molar-refractivity contribution in [1.29, 1.82) is 0 Å². The fraction of sp³-hybridized carbons (Fsp3) is 0.269. The molecule has 1 amide bonds. The van der Waals surface area contributed by atoms with Crippen molar-refractivity contribution in [2.24, 2.45) is 0 Å². The van der Waals surface area contributed by atoms with Crippen LogP contribution in [0.3, 0.4) is 0 Å². The first-order chi connectivity index (χ1) is 16.6. The van der Waals surface area contributed by atoms with Gasteiger partial charge in [-0.3, -0.25) is 4.79 Å². The number of oxazole rings is 2. The van der Waals surface area contributed by atoms with Crippen LogP contribution >= 0.6 is 0 Å². The minimum absolute atomic E-state index is 0.0229. The molecule has 0 radical (unpaired) electrons. The van der Waals surface area contributed by atoms with E-state index in [1.807, 2.05) is 60.4 Å². The first-order valence-corrected chi connectivity index (χ1v) is 11.2. The zero-order chi connectivity index (χ0) is 23.5. The highest BCUT2D eigenvalue weighted by Crippen LogP contribution is 2.34. The summed E-state index contributed by atoms with van der Waals surface area (Å²) in [6.45, 7) is 4.55. The Morgan fingerprint density at radius 1 is 1.09 bits per heavy atom. The molecule has 0 spiro atoms. The highest BCUT2D eigenvalue weighted by atomic mass is 16.5. The lowest BCUT2D eigenvalue weighted by Crippen LogP contribution is -2.49. The summed E-state index contributed by atoms with van der Waals surface area (Å²) >= 11 is 0. The lowest BCUT2D eigenvalue weighted by molar-refractivity contribution is -0.131. The number of rotatable bonds is 6. The van der Waals surface area contributed by atoms with E-state index in [2.05, 4.69) is 14.9 Å². The van der Waals surface area contributed by atoms with Crippen LogP contribution in [0.5, 0.6) is 5.75 Å². The lowest BCUT2D eigenvalue weighted by Gasteiger charge is -2.36. The Hall–Kier alpha value is -4.07. The third kappa shape index (κ3) is 4.52. The van der Waals surface area contributed by atoms with Gasteiger partial charge in [-0.2, -0.15) is 0 Å². The second-order valence-electron chi connectivity index (χ2n) is 8.17. The molecular formula is C26H26N4O4. The topological polar surface area (TPSA) is 84.8 Å². The van der Waals surface area contributed by atoms with Crippen molar-refractivity contribution in [2.45, 2.75) is 13.3 Å². The van der Waals surface area contributed by atoms with E-state index < -0.39 is 0 Å². The Morgan fingerprint density at radius 2 is 1.88 bits per heavy atom. The fourth-order valence-corrected chi connectivity index (χ4v) is 4.15. The van der Waals surface area contributed by atoms with E-state index in [1.165, 1.54) is 0 Å². The summed E-state index contributed by atoms with van der Waals surface area (Å²) in [5, 5.41) is 0. The first kappa shape index (κ1) is 21.8. The van der Waals surface area contributed by atoms with E-state index in [9.17, 15) is 4.79 Å². The van der Waals surface area contributed by atoms with Crippen molar-refractivity contribution < 1.29 is 18.4 Å². The van der Waals surface area contributed by atoms with E-state index >= 15 is 0 Å². The highest BCUT2D eigenvalue weighted by Gasteiger charge is 2.24. The van der Waals surface area contributed by atoms with E-state index in [4.69, 9.17) is 13.6 Å². The molecule has 1 saturated heterocycles. The fourth-order valence-electron chi connectivity index (χ4n) is 4.15. The normalized spacial score (nSPS) is 13.8. The van der Waals surface area contributed by atoms with Crippen LogP contribution in [0, 0.1) is 6.92 Å². The van der Waals surface area contributed by atoms with Crippen LogP contribution < -0.4 is 9.64 Å². The number of carbonyl (C=O) groups is 1. The van der Waals surface area contributed by atoms with Crippen molar-refractivity contribution in [3.05, 3.63) is 72.8 Å². The molecule has 3 heterocycles. The number of anilines is 1. The summed E-state index contributed by atoms with van der Waals surface area (Å²) in [4.78, 5) is 25.6. The average molecular weight is 459 g/mol. The molecule has 2 aromatic carbocycles. The van der Waals surface area contributed by atoms with Crippen molar-refractivity contribution >= 4 is 11.6 Å². The van der Waals surface area contributed by atoms with Crippen molar-refractivity contribution in [3.63, 3.8) is 0 Å². The van der Waals surface area contributed by atoms with Crippen molar-refractivity contribution in [2.75, 3.05) is 38.2 Å². The van der Waals surface area contributed by atoms with E-state index in [-0.39, 0.29) is 12.3 Å². The average Bonchev–Trinajstić information content (AvgIpc) is 3.53. The zero-order valence-electron chi connectivity index (χ0n) is 19.2. The molecule has 0 N–H and O–H groups in total. The first-order valence-electron chi connectivity index (χ1n) is 11.2. The molecular weight excluding hydrogens is 432 g/mol. The van der Waals surface area contributed by atoms with Gasteiger partial charge in [-0.25, -0.2) is 9.97 Å². The summed E-state index contributed by atoms with van der Waals surface area (Å²) in [6, 6.07) is 15.8. The predicted octanol–water partition coefficient (Wildman–Crippen LogP) is 4.20. The van der Waals surface area contributed by atoms with Crippen LogP contribution in [0.4, 0.5) is 5.69 Å². The monoisotopic (exact) mass is 458 g/mol. The second-order valence-corrected chi connectivity index (χ2v) is 8.17. The molecule has 1 aliphatic rings. The summed E-state index contributed by atoms with van der Waals surface area (Å²) in [5.74, 6) is 2.48. The van der Waals surface area contributed by atoms with Crippen LogP contribution in [0.15, 0.2) is 69.8 Å². The summed E-state index contributed by atoms with van der Waals surface area (Å²) in [7, 11) is 1.65. The van der Waals surface area contributed by atoms with Crippen LogP contribution in [-0.4, -0.2) is 54.1 Å². The Kier molecular flexibility index (Phi) is 6.03. The SMILES string of the molecule is COc1cc(N2CCN(C(=O)Cc3nc(-c4ccccc4)co3)CC2)ccc1-c1cnc(C)o1. The predicted molar refractivity (Wildman–Crippen MR) is 128 cm³/mol. The van der Waals surface area contributed by atoms with Gasteiger partial charge in [0.15, 0.2) is 11.7 Å². The van der Waals surface area contributed by atoms with E-state index in [1.54, 1.807) is 19.6 Å². The van der Waals surface area contributed by atoms with Gasteiger partial charge in [0.25, 0.3) is 0 Å². The van der Waals surface area contributed by atoms with E-state index in [0.717, 1.165) is 41.3 Å². The molecule has 1 aliphatic heterocycles. The number of piperazine rings is 1. The number of benzene rings is 2. The number of hydrogen-bond acceptors (Lipinski definition) is 7. The number of methoxy groups -OCH3 is 1. The largest absolute Gasteiger partial charge is 0.496 e. The van der Waals surface area contributed by atoms with Gasteiger partial charge in [-0.05, 0) is 12.1 Å². The lowest BCUT2D eigenvalue weighted by atomic mass is 10.1. The second kappa shape index (κ2) is 9.43. The molecule has 2 aromatic heterocycles. The maximum Gasteiger partial charge on any atom is 0.232 e. The van der Waals surface area contributed by atoms with Gasteiger partial charge in [0.1, 0.15) is 24.1 Å². The Labute approximate surface area is 197 Å². The van der Waals surface area contributed by atoms with Crippen LogP contribution in [-0.2, 0) is 11.2 Å². The Balaban J connectivity index is 1.20. The molecule has 0 unspecified atom stereocenters. The summed E-state index contributed by atoms with van der Waals surface area (Å²) in [6.07, 6.45) is 3.47. The van der Waals surface area contributed by atoms with Gasteiger partial charge in [-0.1, -0.05) is 30.3 Å². The van der Waals surface area contributed by atoms with Gasteiger partial charge in [0, 0.05) is 50.4 Å². The smallest absolute Gasteiger partial charge is 0.232 e. The molecule has 0 saturated carbocycles. The third-order valence-corrected chi connectivity index (χ3v) is 5.99. The molecule has 4 aromatic rings. The molecule has 174 valence electrons. The molecule has 8 heteroatoms. The standard InChI is InChI=1S/C26H26N4O4/c1-18-27-16-24(34-18)21-9-8-20(14-23(21)32-2)29-10-12-30(13-11-29)26(31)15-25-28-22(17-33-25)19-6-4-3-5-7-19/h3-9,14,16-17H,10-13,15H2,1-2H3. The van der Waals surface area contributed by atoms with Gasteiger partial charge in [0.05, 0.1) is 18.9 Å². The van der Waals surface area contributed by atoms with Gasteiger partial charge < -0.3 is 23.4 Å². The zero-order valence-corrected chi connectivity index (χ0v) is 19.2. The van der Waals surface area contributed by atoms with Gasteiger partial charge >= 0.3 is 0 Å².